The molecule has 0 aliphatic heterocycles. The van der Waals surface area contributed by atoms with E-state index >= 15 is 0 Å². The standard InChI is InChI=1S/C15H23NS/c1-10-6-7-12(8-11(2)14(16)17)9-13(10)15(3,4)5/h6-7,9,11H,8H2,1-5H3,(H2,16,17). The second kappa shape index (κ2) is 5.18. The molecular formula is C15H23NS. The summed E-state index contributed by atoms with van der Waals surface area (Å²) in [6.07, 6.45) is 0.929. The highest BCUT2D eigenvalue weighted by Gasteiger charge is 2.17. The molecule has 0 aromatic heterocycles. The zero-order valence-corrected chi connectivity index (χ0v) is 12.3. The molecule has 2 heteroatoms. The summed E-state index contributed by atoms with van der Waals surface area (Å²) >= 11 is 5.03. The quantitative estimate of drug-likeness (QED) is 0.826. The average Bonchev–Trinajstić information content (AvgIpc) is 2.19. The maximum atomic E-state index is 5.67. The lowest BCUT2D eigenvalue weighted by Crippen LogP contribution is -2.20. The van der Waals surface area contributed by atoms with E-state index in [1.54, 1.807) is 0 Å². The fourth-order valence-corrected chi connectivity index (χ4v) is 2.14. The van der Waals surface area contributed by atoms with Gasteiger partial charge in [-0.2, -0.15) is 0 Å². The lowest BCUT2D eigenvalue weighted by molar-refractivity contribution is 0.584. The highest BCUT2D eigenvalue weighted by molar-refractivity contribution is 7.80. The van der Waals surface area contributed by atoms with Crippen LogP contribution in [0.1, 0.15) is 44.4 Å². The first-order valence-corrected chi connectivity index (χ1v) is 6.52. The topological polar surface area (TPSA) is 26.0 Å². The number of aryl methyl sites for hydroxylation is 1. The minimum absolute atomic E-state index is 0.187. The minimum Gasteiger partial charge on any atom is -0.393 e. The zero-order valence-electron chi connectivity index (χ0n) is 11.5. The molecule has 0 aliphatic rings. The number of benzene rings is 1. The van der Waals surface area contributed by atoms with Crippen LogP contribution in [0.3, 0.4) is 0 Å². The maximum absolute atomic E-state index is 5.67. The van der Waals surface area contributed by atoms with E-state index in [0.717, 1.165) is 6.42 Å². The van der Waals surface area contributed by atoms with Crippen molar-refractivity contribution in [2.75, 3.05) is 0 Å². The molecule has 0 aliphatic carbocycles. The van der Waals surface area contributed by atoms with Crippen LogP contribution in [-0.4, -0.2) is 4.99 Å². The Morgan fingerprint density at radius 3 is 2.41 bits per heavy atom. The molecule has 1 nitrogen and oxygen atoms in total. The summed E-state index contributed by atoms with van der Waals surface area (Å²) in [5.41, 5.74) is 9.93. The zero-order chi connectivity index (χ0) is 13.2. The van der Waals surface area contributed by atoms with E-state index in [4.69, 9.17) is 18.0 Å². The summed E-state index contributed by atoms with van der Waals surface area (Å²) in [5, 5.41) is 0. The number of nitrogens with two attached hydrogens (primary N) is 1. The molecule has 1 aromatic carbocycles. The molecule has 1 unspecified atom stereocenters. The Kier molecular flexibility index (Phi) is 4.31. The number of rotatable bonds is 3. The van der Waals surface area contributed by atoms with Gasteiger partial charge in [0.15, 0.2) is 0 Å². The molecule has 2 N–H and O–H groups in total. The van der Waals surface area contributed by atoms with E-state index in [9.17, 15) is 0 Å². The maximum Gasteiger partial charge on any atom is 0.0759 e. The molecule has 0 saturated carbocycles. The van der Waals surface area contributed by atoms with Gasteiger partial charge in [-0.25, -0.2) is 0 Å². The Hall–Kier alpha value is -0.890. The van der Waals surface area contributed by atoms with E-state index < -0.39 is 0 Å². The molecule has 1 aromatic rings. The SMILES string of the molecule is Cc1ccc(CC(C)C(N)=S)cc1C(C)(C)C. The predicted octanol–water partition coefficient (Wildman–Crippen LogP) is 3.76. The molecule has 0 bridgehead atoms. The van der Waals surface area contributed by atoms with Gasteiger partial charge in [-0.3, -0.25) is 0 Å². The molecular weight excluding hydrogens is 226 g/mol. The lowest BCUT2D eigenvalue weighted by atomic mass is 9.82. The smallest absolute Gasteiger partial charge is 0.0759 e. The van der Waals surface area contributed by atoms with E-state index in [1.165, 1.54) is 16.7 Å². The van der Waals surface area contributed by atoms with Crippen LogP contribution in [0.25, 0.3) is 0 Å². The number of thiocarbonyl (C=S) groups is 1. The van der Waals surface area contributed by atoms with Crippen molar-refractivity contribution in [2.45, 2.75) is 46.5 Å². The molecule has 0 amide bonds. The summed E-state index contributed by atoms with van der Waals surface area (Å²) in [7, 11) is 0. The molecule has 94 valence electrons. The normalized spacial score (nSPS) is 13.5. The molecule has 0 radical (unpaired) electrons. The van der Waals surface area contributed by atoms with Crippen molar-refractivity contribution in [3.05, 3.63) is 34.9 Å². The van der Waals surface area contributed by atoms with Crippen LogP contribution in [0.4, 0.5) is 0 Å². The number of hydrogen-bond acceptors (Lipinski definition) is 1. The van der Waals surface area contributed by atoms with Gasteiger partial charge in [0, 0.05) is 5.92 Å². The summed E-state index contributed by atoms with van der Waals surface area (Å²) in [6, 6.07) is 6.67. The Balaban J connectivity index is 3.01. The highest BCUT2D eigenvalue weighted by atomic mass is 32.1. The first-order chi connectivity index (χ1) is 7.71. The van der Waals surface area contributed by atoms with E-state index in [2.05, 4.69) is 52.8 Å². The lowest BCUT2D eigenvalue weighted by Gasteiger charge is -2.23. The van der Waals surface area contributed by atoms with Crippen molar-refractivity contribution < 1.29 is 0 Å². The monoisotopic (exact) mass is 249 g/mol. The van der Waals surface area contributed by atoms with Crippen LogP contribution in [0.5, 0.6) is 0 Å². The van der Waals surface area contributed by atoms with Crippen LogP contribution in [0.15, 0.2) is 18.2 Å². The Bertz CT molecular complexity index is 415. The fraction of sp³-hybridized carbons (Fsp3) is 0.533. The van der Waals surface area contributed by atoms with E-state index in [1.807, 2.05) is 0 Å². The van der Waals surface area contributed by atoms with Gasteiger partial charge >= 0.3 is 0 Å². The highest BCUT2D eigenvalue weighted by Crippen LogP contribution is 2.27. The van der Waals surface area contributed by atoms with Gasteiger partial charge in [-0.15, -0.1) is 0 Å². The Labute approximate surface area is 110 Å². The first kappa shape index (κ1) is 14.2. The van der Waals surface area contributed by atoms with Gasteiger partial charge < -0.3 is 5.73 Å². The third kappa shape index (κ3) is 3.81. The Morgan fingerprint density at radius 2 is 1.94 bits per heavy atom. The third-order valence-corrected chi connectivity index (χ3v) is 3.54. The van der Waals surface area contributed by atoms with Crippen molar-refractivity contribution in [1.82, 2.24) is 0 Å². The molecule has 0 spiro atoms. The van der Waals surface area contributed by atoms with Crippen molar-refractivity contribution in [3.8, 4) is 0 Å². The van der Waals surface area contributed by atoms with Gasteiger partial charge in [0.05, 0.1) is 4.99 Å². The van der Waals surface area contributed by atoms with Gasteiger partial charge in [0.25, 0.3) is 0 Å². The second-order valence-electron chi connectivity index (χ2n) is 5.91. The number of hydrogen-bond donors (Lipinski definition) is 1. The minimum atomic E-state index is 0.187. The van der Waals surface area contributed by atoms with Gasteiger partial charge in [0.1, 0.15) is 0 Å². The summed E-state index contributed by atoms with van der Waals surface area (Å²) < 4.78 is 0. The van der Waals surface area contributed by atoms with E-state index in [0.29, 0.717) is 4.99 Å². The molecule has 0 saturated heterocycles. The summed E-state index contributed by atoms with van der Waals surface area (Å²) in [5.74, 6) is 0.264. The first-order valence-electron chi connectivity index (χ1n) is 6.11. The summed E-state index contributed by atoms with van der Waals surface area (Å²) in [4.78, 5) is 0.600. The van der Waals surface area contributed by atoms with Crippen molar-refractivity contribution in [2.24, 2.45) is 11.7 Å². The van der Waals surface area contributed by atoms with Crippen LogP contribution in [0, 0.1) is 12.8 Å². The van der Waals surface area contributed by atoms with E-state index in [-0.39, 0.29) is 11.3 Å². The van der Waals surface area contributed by atoms with Crippen molar-refractivity contribution in [1.29, 1.82) is 0 Å². The van der Waals surface area contributed by atoms with Crippen LogP contribution in [-0.2, 0) is 11.8 Å². The van der Waals surface area contributed by atoms with Gasteiger partial charge in [0.2, 0.25) is 0 Å². The van der Waals surface area contributed by atoms with Crippen LogP contribution >= 0.6 is 12.2 Å². The second-order valence-corrected chi connectivity index (χ2v) is 6.38. The molecule has 1 rings (SSSR count). The van der Waals surface area contributed by atoms with Gasteiger partial charge in [-0.05, 0) is 35.4 Å². The largest absolute Gasteiger partial charge is 0.393 e. The third-order valence-electron chi connectivity index (χ3n) is 3.14. The van der Waals surface area contributed by atoms with Crippen LogP contribution in [0.2, 0.25) is 0 Å². The average molecular weight is 249 g/mol. The molecule has 1 atom stereocenters. The van der Waals surface area contributed by atoms with Crippen molar-refractivity contribution >= 4 is 17.2 Å². The molecule has 0 heterocycles. The Morgan fingerprint density at radius 1 is 1.35 bits per heavy atom. The van der Waals surface area contributed by atoms with Gasteiger partial charge in [-0.1, -0.05) is 58.1 Å². The summed E-state index contributed by atoms with van der Waals surface area (Å²) in [6.45, 7) is 11.0. The predicted molar refractivity (Wildman–Crippen MR) is 79.5 cm³/mol. The van der Waals surface area contributed by atoms with Crippen LogP contribution < -0.4 is 5.73 Å². The molecule has 17 heavy (non-hydrogen) atoms. The van der Waals surface area contributed by atoms with Crippen molar-refractivity contribution in [3.63, 3.8) is 0 Å². The molecule has 0 fully saturated rings. The fourth-order valence-electron chi connectivity index (χ4n) is 2.06.